The van der Waals surface area contributed by atoms with Gasteiger partial charge in [0.1, 0.15) is 5.75 Å². The summed E-state index contributed by atoms with van der Waals surface area (Å²) in [6, 6.07) is 22.9. The summed E-state index contributed by atoms with van der Waals surface area (Å²) < 4.78 is 5.79. The van der Waals surface area contributed by atoms with Crippen molar-refractivity contribution in [1.82, 2.24) is 9.97 Å². The summed E-state index contributed by atoms with van der Waals surface area (Å²) in [4.78, 5) is 21.5. The first-order chi connectivity index (χ1) is 14.1. The van der Waals surface area contributed by atoms with Crippen LogP contribution < -0.4 is 10.1 Å². The topological polar surface area (TPSA) is 64.1 Å². The van der Waals surface area contributed by atoms with Crippen molar-refractivity contribution < 1.29 is 9.53 Å². The number of anilines is 1. The van der Waals surface area contributed by atoms with E-state index in [4.69, 9.17) is 4.74 Å². The fourth-order valence-electron chi connectivity index (χ4n) is 3.02. The zero-order valence-corrected chi connectivity index (χ0v) is 16.3. The van der Waals surface area contributed by atoms with Gasteiger partial charge in [-0.15, -0.1) is 0 Å². The van der Waals surface area contributed by atoms with Crippen molar-refractivity contribution in [1.29, 1.82) is 0 Å². The quantitative estimate of drug-likeness (QED) is 0.526. The lowest BCUT2D eigenvalue weighted by Crippen LogP contribution is -2.30. The van der Waals surface area contributed by atoms with Crippen LogP contribution in [0.25, 0.3) is 22.3 Å². The van der Waals surface area contributed by atoms with E-state index >= 15 is 0 Å². The Morgan fingerprint density at radius 1 is 0.966 bits per heavy atom. The standard InChI is InChI=1S/C24H21N3O2/c1-16-6-5-7-19(14-16)26-24(28)17(2)29-20-12-10-18(11-13-20)23-15-25-21-8-3-4-9-22(21)27-23/h3-15,17H,1-2H3,(H,26,28)/t17-/m1/s1. The minimum absolute atomic E-state index is 0.194. The van der Waals surface area contributed by atoms with Gasteiger partial charge in [0.15, 0.2) is 6.10 Å². The van der Waals surface area contributed by atoms with Gasteiger partial charge in [-0.25, -0.2) is 4.98 Å². The first-order valence-electron chi connectivity index (χ1n) is 9.45. The maximum atomic E-state index is 12.4. The molecule has 0 aliphatic heterocycles. The van der Waals surface area contributed by atoms with Crippen molar-refractivity contribution in [3.8, 4) is 17.0 Å². The Balaban J connectivity index is 1.43. The van der Waals surface area contributed by atoms with Crippen molar-refractivity contribution in [2.45, 2.75) is 20.0 Å². The summed E-state index contributed by atoms with van der Waals surface area (Å²) in [5.74, 6) is 0.425. The number of hydrogen-bond donors (Lipinski definition) is 1. The second-order valence-corrected chi connectivity index (χ2v) is 6.89. The number of rotatable bonds is 5. The van der Waals surface area contributed by atoms with Crippen LogP contribution in [0.2, 0.25) is 0 Å². The fourth-order valence-corrected chi connectivity index (χ4v) is 3.02. The third-order valence-electron chi connectivity index (χ3n) is 4.57. The van der Waals surface area contributed by atoms with Crippen LogP contribution in [0.3, 0.4) is 0 Å². The van der Waals surface area contributed by atoms with Crippen LogP contribution in [0.4, 0.5) is 5.69 Å². The van der Waals surface area contributed by atoms with Crippen LogP contribution in [0.15, 0.2) is 79.0 Å². The average molecular weight is 383 g/mol. The molecule has 5 nitrogen and oxygen atoms in total. The molecule has 144 valence electrons. The molecule has 5 heteroatoms. The van der Waals surface area contributed by atoms with Crippen molar-refractivity contribution in [3.63, 3.8) is 0 Å². The molecule has 1 heterocycles. The van der Waals surface area contributed by atoms with E-state index in [0.717, 1.165) is 33.5 Å². The second-order valence-electron chi connectivity index (χ2n) is 6.89. The zero-order chi connectivity index (χ0) is 20.2. The van der Waals surface area contributed by atoms with Gasteiger partial charge in [-0.3, -0.25) is 9.78 Å². The number of nitrogens with zero attached hydrogens (tertiary/aromatic N) is 2. The number of fused-ring (bicyclic) bond motifs is 1. The van der Waals surface area contributed by atoms with Crippen LogP contribution in [0.1, 0.15) is 12.5 Å². The Bertz CT molecular complexity index is 1160. The molecule has 4 aromatic rings. The predicted molar refractivity (Wildman–Crippen MR) is 115 cm³/mol. The number of nitrogens with one attached hydrogen (secondary N) is 1. The van der Waals surface area contributed by atoms with Crippen molar-refractivity contribution in [3.05, 3.63) is 84.6 Å². The van der Waals surface area contributed by atoms with Crippen LogP contribution in [0.5, 0.6) is 5.75 Å². The maximum absolute atomic E-state index is 12.4. The smallest absolute Gasteiger partial charge is 0.265 e. The van der Waals surface area contributed by atoms with E-state index in [1.165, 1.54) is 0 Å². The first-order valence-corrected chi connectivity index (χ1v) is 9.45. The number of carbonyl (C=O) groups excluding carboxylic acids is 1. The summed E-state index contributed by atoms with van der Waals surface area (Å²) in [7, 11) is 0. The van der Waals surface area contributed by atoms with Gasteiger partial charge in [-0.05, 0) is 67.9 Å². The Labute approximate surface area is 169 Å². The van der Waals surface area contributed by atoms with E-state index in [2.05, 4.69) is 15.3 Å². The molecule has 0 unspecified atom stereocenters. The predicted octanol–water partition coefficient (Wildman–Crippen LogP) is 5.01. The Morgan fingerprint density at radius 2 is 1.72 bits per heavy atom. The molecule has 1 atom stereocenters. The third kappa shape index (κ3) is 4.41. The number of para-hydroxylation sites is 2. The summed E-state index contributed by atoms with van der Waals surface area (Å²) >= 11 is 0. The molecule has 3 aromatic carbocycles. The van der Waals surface area contributed by atoms with E-state index in [0.29, 0.717) is 5.75 Å². The number of aryl methyl sites for hydroxylation is 1. The van der Waals surface area contributed by atoms with Crippen molar-refractivity contribution >= 4 is 22.6 Å². The number of carbonyl (C=O) groups is 1. The number of ether oxygens (including phenoxy) is 1. The summed E-state index contributed by atoms with van der Waals surface area (Å²) in [6.45, 7) is 3.71. The summed E-state index contributed by atoms with van der Waals surface area (Å²) in [5.41, 5.74) is 5.30. The van der Waals surface area contributed by atoms with E-state index in [1.807, 2.05) is 79.7 Å². The van der Waals surface area contributed by atoms with Gasteiger partial charge in [0.2, 0.25) is 0 Å². The highest BCUT2D eigenvalue weighted by atomic mass is 16.5. The lowest BCUT2D eigenvalue weighted by atomic mass is 10.1. The van der Waals surface area contributed by atoms with Crippen LogP contribution in [0, 0.1) is 6.92 Å². The van der Waals surface area contributed by atoms with Crippen LogP contribution in [-0.4, -0.2) is 22.0 Å². The molecule has 0 spiro atoms. The van der Waals surface area contributed by atoms with Gasteiger partial charge in [0.05, 0.1) is 22.9 Å². The lowest BCUT2D eigenvalue weighted by Gasteiger charge is -2.15. The molecule has 0 aliphatic rings. The van der Waals surface area contributed by atoms with E-state index in [-0.39, 0.29) is 5.91 Å². The molecule has 4 rings (SSSR count). The zero-order valence-electron chi connectivity index (χ0n) is 16.3. The highest BCUT2D eigenvalue weighted by molar-refractivity contribution is 5.94. The molecule has 29 heavy (non-hydrogen) atoms. The number of aromatic nitrogens is 2. The minimum atomic E-state index is -0.623. The number of amides is 1. The van der Waals surface area contributed by atoms with E-state index in [9.17, 15) is 4.79 Å². The SMILES string of the molecule is Cc1cccc(NC(=O)[C@@H](C)Oc2ccc(-c3cnc4ccccc4n3)cc2)c1. The van der Waals surface area contributed by atoms with Crippen LogP contribution in [-0.2, 0) is 4.79 Å². The molecule has 1 aromatic heterocycles. The van der Waals surface area contributed by atoms with Gasteiger partial charge >= 0.3 is 0 Å². The molecule has 0 fully saturated rings. The van der Waals surface area contributed by atoms with Gasteiger partial charge in [0, 0.05) is 11.3 Å². The maximum Gasteiger partial charge on any atom is 0.265 e. The van der Waals surface area contributed by atoms with Gasteiger partial charge in [-0.2, -0.15) is 0 Å². The molecule has 0 saturated heterocycles. The van der Waals surface area contributed by atoms with E-state index in [1.54, 1.807) is 13.1 Å². The fraction of sp³-hybridized carbons (Fsp3) is 0.125. The second kappa shape index (κ2) is 8.10. The third-order valence-corrected chi connectivity index (χ3v) is 4.57. The highest BCUT2D eigenvalue weighted by Gasteiger charge is 2.15. The monoisotopic (exact) mass is 383 g/mol. The molecular weight excluding hydrogens is 362 g/mol. The molecule has 0 aliphatic carbocycles. The Morgan fingerprint density at radius 3 is 2.48 bits per heavy atom. The first kappa shape index (κ1) is 18.6. The normalized spacial score (nSPS) is 11.8. The van der Waals surface area contributed by atoms with Gasteiger partial charge in [0.25, 0.3) is 5.91 Å². The Hall–Kier alpha value is -3.73. The highest BCUT2D eigenvalue weighted by Crippen LogP contribution is 2.23. The average Bonchev–Trinajstić information content (AvgIpc) is 2.74. The Kier molecular flexibility index (Phi) is 5.20. The lowest BCUT2D eigenvalue weighted by molar-refractivity contribution is -0.122. The molecule has 0 bridgehead atoms. The molecule has 1 amide bonds. The van der Waals surface area contributed by atoms with E-state index < -0.39 is 6.10 Å². The molecule has 0 radical (unpaired) electrons. The summed E-state index contributed by atoms with van der Waals surface area (Å²) in [5, 5.41) is 2.87. The van der Waals surface area contributed by atoms with Crippen LogP contribution >= 0.6 is 0 Å². The number of benzene rings is 3. The molecular formula is C24H21N3O2. The molecule has 0 saturated carbocycles. The van der Waals surface area contributed by atoms with Crippen molar-refractivity contribution in [2.75, 3.05) is 5.32 Å². The van der Waals surface area contributed by atoms with Crippen molar-refractivity contribution in [2.24, 2.45) is 0 Å². The summed E-state index contributed by atoms with van der Waals surface area (Å²) in [6.07, 6.45) is 1.14. The molecule has 1 N–H and O–H groups in total. The minimum Gasteiger partial charge on any atom is -0.481 e. The van der Waals surface area contributed by atoms with Gasteiger partial charge in [-0.1, -0.05) is 24.3 Å². The largest absolute Gasteiger partial charge is 0.481 e. The van der Waals surface area contributed by atoms with Gasteiger partial charge < -0.3 is 10.1 Å². The number of hydrogen-bond acceptors (Lipinski definition) is 4.